The minimum absolute atomic E-state index is 0.138. The normalized spacial score (nSPS) is 15.4. The van der Waals surface area contributed by atoms with E-state index in [2.05, 4.69) is 4.18 Å². The molecule has 0 N–H and O–H groups in total. The van der Waals surface area contributed by atoms with Gasteiger partial charge in [-0.05, 0) is 13.8 Å². The molecule has 56 valence electrons. The molecule has 0 aromatic heterocycles. The third kappa shape index (κ3) is 3.03. The first kappa shape index (κ1) is 9.20. The van der Waals surface area contributed by atoms with Crippen LogP contribution in [0, 0.1) is 0 Å². The third-order valence-electron chi connectivity index (χ3n) is 0.680. The molecule has 0 saturated carbocycles. The molecular weight excluding hydrogens is 164 g/mol. The SMILES string of the molecule is CCOS(=O)(=O)C(C)Cl. The van der Waals surface area contributed by atoms with Crippen molar-refractivity contribution in [3.05, 3.63) is 0 Å². The molecule has 9 heavy (non-hydrogen) atoms. The first-order valence-corrected chi connectivity index (χ1v) is 4.43. The van der Waals surface area contributed by atoms with Crippen LogP contribution in [0.15, 0.2) is 0 Å². The van der Waals surface area contributed by atoms with E-state index in [9.17, 15) is 8.42 Å². The number of hydrogen-bond acceptors (Lipinski definition) is 3. The average Bonchev–Trinajstić information content (AvgIpc) is 1.65. The fourth-order valence-corrected chi connectivity index (χ4v) is 0.928. The molecule has 0 amide bonds. The second-order valence-electron chi connectivity index (χ2n) is 1.44. The summed E-state index contributed by atoms with van der Waals surface area (Å²) in [6.07, 6.45) is 0. The summed E-state index contributed by atoms with van der Waals surface area (Å²) in [6, 6.07) is 0. The topological polar surface area (TPSA) is 43.4 Å². The maximum absolute atomic E-state index is 10.6. The van der Waals surface area contributed by atoms with Crippen molar-refractivity contribution >= 4 is 21.7 Å². The molecule has 0 aliphatic carbocycles. The van der Waals surface area contributed by atoms with Gasteiger partial charge < -0.3 is 0 Å². The summed E-state index contributed by atoms with van der Waals surface area (Å²) in [6.45, 7) is 3.09. The van der Waals surface area contributed by atoms with Gasteiger partial charge in [-0.15, -0.1) is 11.6 Å². The maximum Gasteiger partial charge on any atom is 0.284 e. The molecule has 0 radical (unpaired) electrons. The molecule has 0 spiro atoms. The van der Waals surface area contributed by atoms with Gasteiger partial charge in [-0.3, -0.25) is 4.18 Å². The van der Waals surface area contributed by atoms with Crippen LogP contribution in [0.25, 0.3) is 0 Å². The second-order valence-corrected chi connectivity index (χ2v) is 4.28. The molecule has 0 fully saturated rings. The van der Waals surface area contributed by atoms with E-state index in [1.807, 2.05) is 0 Å². The largest absolute Gasteiger partial charge is 0.284 e. The highest BCUT2D eigenvalue weighted by Gasteiger charge is 2.16. The molecular formula is C4H9ClO3S. The van der Waals surface area contributed by atoms with Crippen molar-refractivity contribution in [2.75, 3.05) is 6.61 Å². The Morgan fingerprint density at radius 3 is 2.22 bits per heavy atom. The van der Waals surface area contributed by atoms with Gasteiger partial charge in [0.15, 0.2) is 4.71 Å². The number of hydrogen-bond donors (Lipinski definition) is 0. The molecule has 5 heteroatoms. The summed E-state index contributed by atoms with van der Waals surface area (Å²) in [4.78, 5) is 0. The van der Waals surface area contributed by atoms with Crippen molar-refractivity contribution in [3.8, 4) is 0 Å². The quantitative estimate of drug-likeness (QED) is 0.470. The highest BCUT2D eigenvalue weighted by molar-refractivity contribution is 7.88. The van der Waals surface area contributed by atoms with E-state index >= 15 is 0 Å². The molecule has 0 saturated heterocycles. The summed E-state index contributed by atoms with van der Waals surface area (Å²) in [5, 5.41) is 0. The van der Waals surface area contributed by atoms with Gasteiger partial charge in [0.25, 0.3) is 10.1 Å². The summed E-state index contributed by atoms with van der Waals surface area (Å²) >= 11 is 5.24. The van der Waals surface area contributed by atoms with E-state index in [-0.39, 0.29) is 6.61 Å². The van der Waals surface area contributed by atoms with Crippen LogP contribution in [0.1, 0.15) is 13.8 Å². The average molecular weight is 173 g/mol. The Bertz CT molecular complexity index is 161. The van der Waals surface area contributed by atoms with Crippen LogP contribution < -0.4 is 0 Å². The minimum atomic E-state index is -3.48. The van der Waals surface area contributed by atoms with Gasteiger partial charge in [0.1, 0.15) is 0 Å². The zero-order valence-corrected chi connectivity index (χ0v) is 6.87. The molecule has 1 atom stereocenters. The fourth-order valence-electron chi connectivity index (χ4n) is 0.258. The van der Waals surface area contributed by atoms with Crippen LogP contribution in [0.5, 0.6) is 0 Å². The summed E-state index contributed by atoms with van der Waals surface area (Å²) in [7, 11) is -3.48. The van der Waals surface area contributed by atoms with Crippen molar-refractivity contribution in [1.29, 1.82) is 0 Å². The molecule has 0 rings (SSSR count). The van der Waals surface area contributed by atoms with E-state index < -0.39 is 14.8 Å². The van der Waals surface area contributed by atoms with Crippen LogP contribution in [-0.2, 0) is 14.3 Å². The molecule has 0 aliphatic rings. The van der Waals surface area contributed by atoms with Gasteiger partial charge in [-0.25, -0.2) is 0 Å². The van der Waals surface area contributed by atoms with E-state index in [1.165, 1.54) is 6.92 Å². The zero-order chi connectivity index (χ0) is 7.49. The zero-order valence-electron chi connectivity index (χ0n) is 5.30. The fraction of sp³-hybridized carbons (Fsp3) is 1.00. The van der Waals surface area contributed by atoms with E-state index in [1.54, 1.807) is 6.92 Å². The van der Waals surface area contributed by atoms with E-state index in [0.717, 1.165) is 0 Å². The number of alkyl halides is 1. The van der Waals surface area contributed by atoms with Crippen molar-refractivity contribution in [2.24, 2.45) is 0 Å². The first-order chi connectivity index (χ1) is 4.00. The molecule has 1 unspecified atom stereocenters. The maximum atomic E-state index is 10.6. The Hall–Kier alpha value is 0.200. The summed E-state index contributed by atoms with van der Waals surface area (Å²) in [5.74, 6) is 0. The van der Waals surface area contributed by atoms with E-state index in [0.29, 0.717) is 0 Å². The van der Waals surface area contributed by atoms with Gasteiger partial charge in [0.05, 0.1) is 6.61 Å². The molecule has 0 aromatic carbocycles. The molecule has 0 aliphatic heterocycles. The second kappa shape index (κ2) is 3.39. The lowest BCUT2D eigenvalue weighted by molar-refractivity contribution is 0.337. The van der Waals surface area contributed by atoms with Crippen LogP contribution >= 0.6 is 11.6 Å². The van der Waals surface area contributed by atoms with Crippen molar-refractivity contribution in [1.82, 2.24) is 0 Å². The smallest absolute Gasteiger partial charge is 0.269 e. The first-order valence-electron chi connectivity index (χ1n) is 2.53. The van der Waals surface area contributed by atoms with Crippen LogP contribution in [0.2, 0.25) is 0 Å². The highest BCUT2D eigenvalue weighted by atomic mass is 35.5. The summed E-state index contributed by atoms with van der Waals surface area (Å²) < 4.78 is 24.5. The van der Waals surface area contributed by atoms with Gasteiger partial charge >= 0.3 is 0 Å². The Morgan fingerprint density at radius 2 is 2.11 bits per heavy atom. The predicted molar refractivity (Wildman–Crippen MR) is 35.9 cm³/mol. The van der Waals surface area contributed by atoms with Gasteiger partial charge in [-0.1, -0.05) is 0 Å². The van der Waals surface area contributed by atoms with Crippen molar-refractivity contribution < 1.29 is 12.6 Å². The molecule has 3 nitrogen and oxygen atoms in total. The van der Waals surface area contributed by atoms with Crippen molar-refractivity contribution in [2.45, 2.75) is 18.6 Å². The third-order valence-corrected chi connectivity index (χ3v) is 2.69. The highest BCUT2D eigenvalue weighted by Crippen LogP contribution is 2.06. The Balaban J connectivity index is 4.05. The van der Waals surface area contributed by atoms with E-state index in [4.69, 9.17) is 11.6 Å². The van der Waals surface area contributed by atoms with Crippen molar-refractivity contribution in [3.63, 3.8) is 0 Å². The minimum Gasteiger partial charge on any atom is -0.269 e. The summed E-state index contributed by atoms with van der Waals surface area (Å²) in [5.41, 5.74) is 0. The lowest BCUT2D eigenvalue weighted by Gasteiger charge is -2.02. The number of rotatable bonds is 3. The van der Waals surface area contributed by atoms with Gasteiger partial charge in [0.2, 0.25) is 0 Å². The molecule has 0 aromatic rings. The predicted octanol–water partition coefficient (Wildman–Crippen LogP) is 0.938. The van der Waals surface area contributed by atoms with Crippen LogP contribution in [-0.4, -0.2) is 19.7 Å². The Morgan fingerprint density at radius 1 is 1.67 bits per heavy atom. The Labute approximate surface area is 60.1 Å². The monoisotopic (exact) mass is 172 g/mol. The standard InChI is InChI=1S/C4H9ClO3S/c1-3-8-9(6,7)4(2)5/h4H,3H2,1-2H3. The molecule has 0 heterocycles. The van der Waals surface area contributed by atoms with Crippen LogP contribution in [0.4, 0.5) is 0 Å². The van der Waals surface area contributed by atoms with Gasteiger partial charge in [0, 0.05) is 0 Å². The lowest BCUT2D eigenvalue weighted by atomic mass is 10.9. The lowest BCUT2D eigenvalue weighted by Crippen LogP contribution is -2.14. The van der Waals surface area contributed by atoms with Crippen LogP contribution in [0.3, 0.4) is 0 Å². The Kier molecular flexibility index (Phi) is 3.46. The number of halogens is 1. The molecule has 0 bridgehead atoms. The van der Waals surface area contributed by atoms with Gasteiger partial charge in [-0.2, -0.15) is 8.42 Å².